The van der Waals surface area contributed by atoms with E-state index in [0.29, 0.717) is 35.6 Å². The molecule has 1 fully saturated rings. The van der Waals surface area contributed by atoms with E-state index in [1.54, 1.807) is 16.6 Å². The molecule has 1 saturated heterocycles. The van der Waals surface area contributed by atoms with Crippen molar-refractivity contribution in [3.63, 3.8) is 0 Å². The van der Waals surface area contributed by atoms with Crippen LogP contribution in [0.2, 0.25) is 0 Å². The highest BCUT2D eigenvalue weighted by atomic mass is 32.2. The van der Waals surface area contributed by atoms with Gasteiger partial charge in [-0.1, -0.05) is 30.3 Å². The molecule has 1 aliphatic heterocycles. The predicted molar refractivity (Wildman–Crippen MR) is 133 cm³/mol. The lowest BCUT2D eigenvalue weighted by atomic mass is 10.2. The molecule has 9 nitrogen and oxygen atoms in total. The maximum Gasteiger partial charge on any atom is 0.421 e. The summed E-state index contributed by atoms with van der Waals surface area (Å²) in [6.07, 6.45) is 7.72. The smallest absolute Gasteiger partial charge is 0.421 e. The highest BCUT2D eigenvalue weighted by molar-refractivity contribution is 7.95. The van der Waals surface area contributed by atoms with Crippen LogP contribution in [0, 0.1) is 12.3 Å². The lowest BCUT2D eigenvalue weighted by Crippen LogP contribution is -2.41. The Bertz CT molecular complexity index is 1230. The molecule has 182 valence electrons. The number of terminal acetylenes is 1. The fraction of sp³-hybridized carbons (Fsp3) is 0.360. The number of benzene rings is 1. The molecule has 3 aromatic rings. The zero-order valence-corrected chi connectivity index (χ0v) is 20.7. The van der Waals surface area contributed by atoms with Crippen LogP contribution >= 0.6 is 12.1 Å². The summed E-state index contributed by atoms with van der Waals surface area (Å²) in [5.41, 5.74) is 1.42. The molecule has 1 aromatic carbocycles. The van der Waals surface area contributed by atoms with Gasteiger partial charge in [-0.05, 0) is 38.7 Å². The van der Waals surface area contributed by atoms with Crippen LogP contribution in [0.15, 0.2) is 42.6 Å². The van der Waals surface area contributed by atoms with E-state index < -0.39 is 5.60 Å². The molecule has 0 atom stereocenters. The first-order valence-electron chi connectivity index (χ1n) is 11.2. The van der Waals surface area contributed by atoms with E-state index in [1.807, 2.05) is 55.4 Å². The topological polar surface area (TPSA) is 89.9 Å². The summed E-state index contributed by atoms with van der Waals surface area (Å²) in [5.74, 6) is 3.02. The minimum absolute atomic E-state index is 0.139. The summed E-state index contributed by atoms with van der Waals surface area (Å²) < 4.78 is 20.5. The van der Waals surface area contributed by atoms with Gasteiger partial charge in [0.05, 0.1) is 11.7 Å². The van der Waals surface area contributed by atoms with Crippen LogP contribution in [0.5, 0.6) is 11.9 Å². The average molecular weight is 494 g/mol. The molecule has 1 amide bonds. The van der Waals surface area contributed by atoms with Crippen molar-refractivity contribution in [3.8, 4) is 24.2 Å². The number of carbonyl (C=O) groups excluding carboxylic acids is 1. The molecular weight excluding hydrogens is 466 g/mol. The first kappa shape index (κ1) is 24.6. The van der Waals surface area contributed by atoms with Crippen LogP contribution in [0.4, 0.5) is 4.79 Å². The van der Waals surface area contributed by atoms with E-state index in [-0.39, 0.29) is 18.8 Å². The van der Waals surface area contributed by atoms with Gasteiger partial charge in [0.25, 0.3) is 0 Å². The van der Waals surface area contributed by atoms with Gasteiger partial charge < -0.3 is 14.2 Å². The van der Waals surface area contributed by atoms with Crippen LogP contribution in [-0.2, 0) is 11.3 Å². The molecule has 0 unspecified atom stereocenters. The molecule has 1 aliphatic rings. The van der Waals surface area contributed by atoms with Crippen molar-refractivity contribution in [1.29, 1.82) is 0 Å². The zero-order chi connectivity index (χ0) is 24.8. The summed E-state index contributed by atoms with van der Waals surface area (Å²) >= 11 is 1.26. The van der Waals surface area contributed by atoms with Gasteiger partial charge in [-0.25, -0.2) is 14.1 Å². The lowest BCUT2D eigenvalue weighted by molar-refractivity contribution is 0.0379. The van der Waals surface area contributed by atoms with Gasteiger partial charge in [-0.3, -0.25) is 0 Å². The Hall–Kier alpha value is -3.55. The van der Waals surface area contributed by atoms with Crippen molar-refractivity contribution in [1.82, 2.24) is 23.6 Å². The number of nitrogens with zero attached hydrogens (tertiary/aromatic N) is 5. The molecule has 35 heavy (non-hydrogen) atoms. The van der Waals surface area contributed by atoms with E-state index in [4.69, 9.17) is 20.6 Å². The molecule has 10 heteroatoms. The number of hydrogen-bond acceptors (Lipinski definition) is 9. The molecule has 0 spiro atoms. The van der Waals surface area contributed by atoms with Crippen molar-refractivity contribution in [2.24, 2.45) is 0 Å². The number of carbonyl (C=O) groups is 1. The van der Waals surface area contributed by atoms with Crippen molar-refractivity contribution in [3.05, 3.63) is 53.9 Å². The number of amides is 1. The largest absolute Gasteiger partial charge is 0.473 e. The van der Waals surface area contributed by atoms with Crippen LogP contribution in [0.3, 0.4) is 0 Å². The van der Waals surface area contributed by atoms with Crippen LogP contribution < -0.4 is 9.47 Å². The Balaban J connectivity index is 1.40. The first-order valence-corrected chi connectivity index (χ1v) is 11.9. The number of pyridine rings is 1. The van der Waals surface area contributed by atoms with Gasteiger partial charge in [-0.15, -0.1) is 6.42 Å². The van der Waals surface area contributed by atoms with Crippen molar-refractivity contribution < 1.29 is 19.0 Å². The zero-order valence-electron chi connectivity index (χ0n) is 19.9. The third kappa shape index (κ3) is 6.74. The molecule has 0 N–H and O–H groups in total. The van der Waals surface area contributed by atoms with E-state index in [1.165, 1.54) is 12.1 Å². The molecule has 2 aromatic heterocycles. The monoisotopic (exact) mass is 493 g/mol. The maximum atomic E-state index is 12.4. The lowest BCUT2D eigenvalue weighted by Gasteiger charge is -2.33. The Morgan fingerprint density at radius 3 is 2.71 bits per heavy atom. The van der Waals surface area contributed by atoms with Gasteiger partial charge in [0, 0.05) is 36.7 Å². The van der Waals surface area contributed by atoms with Gasteiger partial charge in [0.15, 0.2) is 6.73 Å². The second-order valence-electron chi connectivity index (χ2n) is 8.81. The predicted octanol–water partition coefficient (Wildman–Crippen LogP) is 4.43. The third-order valence-corrected chi connectivity index (χ3v) is 5.87. The highest BCUT2D eigenvalue weighted by Crippen LogP contribution is 2.26. The van der Waals surface area contributed by atoms with Crippen molar-refractivity contribution in [2.75, 3.05) is 19.8 Å². The molecule has 0 radical (unpaired) electrons. The highest BCUT2D eigenvalue weighted by Gasteiger charge is 2.28. The van der Waals surface area contributed by atoms with Gasteiger partial charge in [0.2, 0.25) is 5.88 Å². The summed E-state index contributed by atoms with van der Waals surface area (Å²) in [6, 6.07) is 11.7. The quantitative estimate of drug-likeness (QED) is 0.365. The molecule has 4 rings (SSSR count). The summed E-state index contributed by atoms with van der Waals surface area (Å²) in [6.45, 7) is 7.42. The average Bonchev–Trinajstić information content (AvgIpc) is 2.85. The van der Waals surface area contributed by atoms with Gasteiger partial charge in [-0.2, -0.15) is 14.3 Å². The first-order chi connectivity index (χ1) is 16.8. The normalized spacial score (nSPS) is 14.4. The van der Waals surface area contributed by atoms with Gasteiger partial charge in [0.1, 0.15) is 17.9 Å². The molecular formula is C25H27N5O4S. The molecule has 0 saturated carbocycles. The number of fused-ring (bicyclic) bond motifs is 1. The van der Waals surface area contributed by atoms with Crippen LogP contribution in [-0.4, -0.2) is 55.1 Å². The SMILES string of the molecule is C#Cc1nc(OCN2CCCN(C(=O)OC(C)(C)C)S2)nc2cnc(OCc3ccccc3)cc12. The molecule has 0 aliphatic carbocycles. The summed E-state index contributed by atoms with van der Waals surface area (Å²) in [4.78, 5) is 25.5. The summed E-state index contributed by atoms with van der Waals surface area (Å²) in [5, 5.41) is 0.654. The Labute approximate surface area is 209 Å². The second-order valence-corrected chi connectivity index (χ2v) is 9.93. The van der Waals surface area contributed by atoms with Crippen LogP contribution in [0.1, 0.15) is 38.4 Å². The minimum atomic E-state index is -0.554. The van der Waals surface area contributed by atoms with Crippen LogP contribution in [0.25, 0.3) is 10.9 Å². The number of aromatic nitrogens is 3. The second kappa shape index (κ2) is 10.8. The summed E-state index contributed by atoms with van der Waals surface area (Å²) in [7, 11) is 0. The fourth-order valence-electron chi connectivity index (χ4n) is 3.24. The number of rotatable bonds is 6. The van der Waals surface area contributed by atoms with E-state index in [0.717, 1.165) is 18.5 Å². The van der Waals surface area contributed by atoms with Gasteiger partial charge >= 0.3 is 12.1 Å². The third-order valence-electron chi connectivity index (χ3n) is 4.82. The number of hydrogen-bond donors (Lipinski definition) is 0. The van der Waals surface area contributed by atoms with E-state index >= 15 is 0 Å². The Morgan fingerprint density at radius 1 is 1.17 bits per heavy atom. The fourth-order valence-corrected chi connectivity index (χ4v) is 4.15. The van der Waals surface area contributed by atoms with E-state index in [9.17, 15) is 4.79 Å². The standard InChI is InChI=1S/C25H27N5O4S/c1-5-20-19-14-22(32-16-18-10-7-6-8-11-18)26-15-21(19)28-23(27-20)33-17-29-12-9-13-30(35-29)24(31)34-25(2,3)4/h1,6-8,10-11,14-15H,9,12-13,16-17H2,2-4H3. The Morgan fingerprint density at radius 2 is 1.97 bits per heavy atom. The number of ether oxygens (including phenoxy) is 3. The molecule has 0 bridgehead atoms. The maximum absolute atomic E-state index is 12.4. The van der Waals surface area contributed by atoms with Crippen molar-refractivity contribution in [2.45, 2.75) is 39.4 Å². The van der Waals surface area contributed by atoms with E-state index in [2.05, 4.69) is 20.9 Å². The minimum Gasteiger partial charge on any atom is -0.473 e. The molecule has 3 heterocycles. The van der Waals surface area contributed by atoms with Crippen molar-refractivity contribution >= 4 is 29.1 Å². The Kier molecular flexibility index (Phi) is 7.58.